The maximum atomic E-state index is 11.5. The van der Waals surface area contributed by atoms with Gasteiger partial charge in [0, 0.05) is 28.6 Å². The van der Waals surface area contributed by atoms with Crippen LogP contribution < -0.4 is 11.1 Å². The van der Waals surface area contributed by atoms with Crippen LogP contribution in [0.15, 0.2) is 35.0 Å². The summed E-state index contributed by atoms with van der Waals surface area (Å²) in [7, 11) is 0. The minimum absolute atomic E-state index is 0.0272. The van der Waals surface area contributed by atoms with Crippen molar-refractivity contribution in [2.24, 2.45) is 5.73 Å². The highest BCUT2D eigenvalue weighted by molar-refractivity contribution is 7.10. The molecule has 0 saturated carbocycles. The standard InChI is InChI=1S/C14H18N2OS2/c1-9(15)13(11-5-3-7-18-11)14(16-10(2)17)12-6-4-8-19-12/h3-9,13-14H,15H2,1-2H3,(H,16,17). The van der Waals surface area contributed by atoms with Crippen LogP contribution in [0, 0.1) is 0 Å². The predicted octanol–water partition coefficient (Wildman–Crippen LogP) is 3.12. The second kappa shape index (κ2) is 6.32. The zero-order chi connectivity index (χ0) is 13.8. The van der Waals surface area contributed by atoms with Gasteiger partial charge in [-0.2, -0.15) is 0 Å². The lowest BCUT2D eigenvalue weighted by Crippen LogP contribution is -2.37. The fourth-order valence-electron chi connectivity index (χ4n) is 2.23. The Morgan fingerprint density at radius 3 is 2.21 bits per heavy atom. The first-order valence-electron chi connectivity index (χ1n) is 6.19. The first kappa shape index (κ1) is 14.2. The summed E-state index contributed by atoms with van der Waals surface area (Å²) >= 11 is 3.34. The smallest absolute Gasteiger partial charge is 0.217 e. The summed E-state index contributed by atoms with van der Waals surface area (Å²) < 4.78 is 0. The molecule has 3 atom stereocenters. The van der Waals surface area contributed by atoms with Crippen LogP contribution in [-0.2, 0) is 4.79 Å². The van der Waals surface area contributed by atoms with Crippen molar-refractivity contribution in [3.05, 3.63) is 44.8 Å². The third kappa shape index (κ3) is 3.43. The van der Waals surface area contributed by atoms with Gasteiger partial charge in [0.2, 0.25) is 5.91 Å². The molecule has 0 aliphatic carbocycles. The van der Waals surface area contributed by atoms with Crippen molar-refractivity contribution in [1.82, 2.24) is 5.32 Å². The number of hydrogen-bond donors (Lipinski definition) is 2. The maximum Gasteiger partial charge on any atom is 0.217 e. The van der Waals surface area contributed by atoms with Gasteiger partial charge in [0.1, 0.15) is 0 Å². The van der Waals surface area contributed by atoms with E-state index in [1.807, 2.05) is 35.9 Å². The minimum Gasteiger partial charge on any atom is -0.348 e. The van der Waals surface area contributed by atoms with E-state index in [1.165, 1.54) is 4.88 Å². The molecule has 0 aliphatic rings. The van der Waals surface area contributed by atoms with Gasteiger partial charge < -0.3 is 11.1 Å². The fraction of sp³-hybridized carbons (Fsp3) is 0.357. The zero-order valence-corrected chi connectivity index (χ0v) is 12.6. The van der Waals surface area contributed by atoms with Gasteiger partial charge in [0.05, 0.1) is 6.04 Å². The van der Waals surface area contributed by atoms with Crippen LogP contribution in [-0.4, -0.2) is 11.9 Å². The van der Waals surface area contributed by atoms with Gasteiger partial charge >= 0.3 is 0 Å². The Balaban J connectivity index is 2.36. The Bertz CT molecular complexity index is 506. The van der Waals surface area contributed by atoms with Crippen LogP contribution in [0.2, 0.25) is 0 Å². The van der Waals surface area contributed by atoms with Crippen molar-refractivity contribution in [2.45, 2.75) is 31.8 Å². The normalized spacial score (nSPS) is 15.7. The molecular formula is C14H18N2OS2. The third-order valence-electron chi connectivity index (χ3n) is 3.01. The molecule has 0 saturated heterocycles. The van der Waals surface area contributed by atoms with Crippen LogP contribution in [0.4, 0.5) is 0 Å². The molecule has 3 unspecified atom stereocenters. The Labute approximate surface area is 121 Å². The van der Waals surface area contributed by atoms with E-state index in [-0.39, 0.29) is 23.9 Å². The van der Waals surface area contributed by atoms with Gasteiger partial charge in [-0.3, -0.25) is 4.79 Å². The first-order valence-corrected chi connectivity index (χ1v) is 7.95. The Hall–Kier alpha value is -1.17. The first-order chi connectivity index (χ1) is 9.09. The number of amides is 1. The van der Waals surface area contributed by atoms with Gasteiger partial charge in [-0.15, -0.1) is 22.7 Å². The molecule has 0 fully saturated rings. The molecule has 3 nitrogen and oxygen atoms in total. The molecule has 2 rings (SSSR count). The van der Waals surface area contributed by atoms with Crippen molar-refractivity contribution in [3.63, 3.8) is 0 Å². The molecule has 2 aromatic heterocycles. The zero-order valence-electron chi connectivity index (χ0n) is 11.0. The second-order valence-corrected chi connectivity index (χ2v) is 6.55. The molecular weight excluding hydrogens is 276 g/mol. The summed E-state index contributed by atoms with van der Waals surface area (Å²) in [6.45, 7) is 3.54. The molecule has 0 aromatic carbocycles. The van der Waals surface area contributed by atoms with Gasteiger partial charge in [0.15, 0.2) is 0 Å². The monoisotopic (exact) mass is 294 g/mol. The van der Waals surface area contributed by atoms with E-state index in [2.05, 4.69) is 11.4 Å². The average Bonchev–Trinajstić information content (AvgIpc) is 3.00. The SMILES string of the molecule is CC(=O)NC(c1cccs1)C(c1cccs1)C(C)N. The largest absolute Gasteiger partial charge is 0.348 e. The van der Waals surface area contributed by atoms with Crippen LogP contribution in [0.1, 0.15) is 35.6 Å². The van der Waals surface area contributed by atoms with E-state index in [1.54, 1.807) is 29.6 Å². The molecule has 0 radical (unpaired) electrons. The quantitative estimate of drug-likeness (QED) is 0.890. The molecule has 19 heavy (non-hydrogen) atoms. The number of nitrogens with one attached hydrogen (secondary N) is 1. The Morgan fingerprint density at radius 2 is 1.79 bits per heavy atom. The molecule has 0 spiro atoms. The second-order valence-electron chi connectivity index (χ2n) is 4.59. The van der Waals surface area contributed by atoms with Crippen LogP contribution in [0.3, 0.4) is 0 Å². The topological polar surface area (TPSA) is 55.1 Å². The number of hydrogen-bond acceptors (Lipinski definition) is 4. The lowest BCUT2D eigenvalue weighted by Gasteiger charge is -2.29. The highest BCUT2D eigenvalue weighted by atomic mass is 32.1. The van der Waals surface area contributed by atoms with Crippen molar-refractivity contribution in [2.75, 3.05) is 0 Å². The van der Waals surface area contributed by atoms with E-state index >= 15 is 0 Å². The summed E-state index contributed by atoms with van der Waals surface area (Å²) in [5.41, 5.74) is 6.17. The average molecular weight is 294 g/mol. The molecule has 3 N–H and O–H groups in total. The van der Waals surface area contributed by atoms with Gasteiger partial charge in [-0.1, -0.05) is 12.1 Å². The van der Waals surface area contributed by atoms with Crippen molar-refractivity contribution < 1.29 is 4.79 Å². The van der Waals surface area contributed by atoms with E-state index < -0.39 is 0 Å². The van der Waals surface area contributed by atoms with Crippen molar-refractivity contribution in [1.29, 1.82) is 0 Å². The molecule has 2 aromatic rings. The van der Waals surface area contributed by atoms with Crippen molar-refractivity contribution >= 4 is 28.6 Å². The molecule has 2 heterocycles. The number of carbonyl (C=O) groups excluding carboxylic acids is 1. The molecule has 0 bridgehead atoms. The lowest BCUT2D eigenvalue weighted by molar-refractivity contribution is -0.119. The number of carbonyl (C=O) groups is 1. The van der Waals surface area contributed by atoms with Crippen LogP contribution in [0.5, 0.6) is 0 Å². The highest BCUT2D eigenvalue weighted by Gasteiger charge is 2.30. The molecule has 102 valence electrons. The maximum absolute atomic E-state index is 11.5. The Morgan fingerprint density at radius 1 is 1.21 bits per heavy atom. The van der Waals surface area contributed by atoms with Crippen LogP contribution >= 0.6 is 22.7 Å². The number of nitrogens with two attached hydrogens (primary N) is 1. The summed E-state index contributed by atoms with van der Waals surface area (Å²) in [6.07, 6.45) is 0. The number of thiophene rings is 2. The van der Waals surface area contributed by atoms with Gasteiger partial charge in [-0.05, 0) is 29.8 Å². The minimum atomic E-state index is -0.0591. The summed E-state index contributed by atoms with van der Waals surface area (Å²) in [5, 5.41) is 7.12. The molecule has 1 amide bonds. The van der Waals surface area contributed by atoms with E-state index in [0.717, 1.165) is 4.88 Å². The lowest BCUT2D eigenvalue weighted by atomic mass is 9.90. The summed E-state index contributed by atoms with van der Waals surface area (Å²) in [6, 6.07) is 8.07. The Kier molecular flexibility index (Phi) is 4.74. The fourth-order valence-corrected chi connectivity index (χ4v) is 4.04. The summed E-state index contributed by atoms with van der Waals surface area (Å²) in [5.74, 6) is 0.0724. The van der Waals surface area contributed by atoms with E-state index in [9.17, 15) is 4.79 Å². The van der Waals surface area contributed by atoms with Crippen molar-refractivity contribution in [3.8, 4) is 0 Å². The van der Waals surface area contributed by atoms with Crippen LogP contribution in [0.25, 0.3) is 0 Å². The van der Waals surface area contributed by atoms with Gasteiger partial charge in [0.25, 0.3) is 0 Å². The van der Waals surface area contributed by atoms with E-state index in [0.29, 0.717) is 0 Å². The predicted molar refractivity (Wildman–Crippen MR) is 81.6 cm³/mol. The highest BCUT2D eigenvalue weighted by Crippen LogP contribution is 2.37. The van der Waals surface area contributed by atoms with E-state index in [4.69, 9.17) is 5.73 Å². The number of rotatable bonds is 5. The third-order valence-corrected chi connectivity index (χ3v) is 4.93. The molecule has 0 aliphatic heterocycles. The summed E-state index contributed by atoms with van der Waals surface area (Å²) in [4.78, 5) is 13.9. The van der Waals surface area contributed by atoms with Gasteiger partial charge in [-0.25, -0.2) is 0 Å². The molecule has 5 heteroatoms.